The van der Waals surface area contributed by atoms with Crippen LogP contribution in [0.25, 0.3) is 0 Å². The number of benzene rings is 1. The molecule has 0 saturated heterocycles. The average Bonchev–Trinajstić information content (AvgIpc) is 2.37. The number of carbonyl (C=O) groups excluding carboxylic acids is 2. The van der Waals surface area contributed by atoms with Gasteiger partial charge in [0.2, 0.25) is 11.8 Å². The first kappa shape index (κ1) is 19.9. The average molecular weight is 430 g/mol. The summed E-state index contributed by atoms with van der Waals surface area (Å²) < 4.78 is 0.943. The Morgan fingerprint density at radius 1 is 1.09 bits per heavy atom. The van der Waals surface area contributed by atoms with Crippen molar-refractivity contribution in [1.29, 1.82) is 0 Å². The molecule has 1 aromatic carbocycles. The molecule has 0 fully saturated rings. The molecule has 1 aromatic rings. The van der Waals surface area contributed by atoms with Crippen molar-refractivity contribution in [1.82, 2.24) is 5.32 Å². The Morgan fingerprint density at radius 3 is 2.04 bits per heavy atom. The van der Waals surface area contributed by atoms with Gasteiger partial charge in [-0.05, 0) is 62.4 Å². The zero-order chi connectivity index (χ0) is 18.0. The molecule has 0 radical (unpaired) electrons. The lowest BCUT2D eigenvalue weighted by Gasteiger charge is -2.35. The number of hydrogen-bond donors (Lipinski definition) is 1. The molecule has 0 aliphatic heterocycles. The van der Waals surface area contributed by atoms with E-state index >= 15 is 0 Å². The second-order valence-corrected chi connectivity index (χ2v) is 8.95. The molecule has 2 amide bonds. The van der Waals surface area contributed by atoms with Crippen LogP contribution in [-0.4, -0.2) is 23.4 Å². The van der Waals surface area contributed by atoms with Crippen LogP contribution in [-0.2, 0) is 9.59 Å². The van der Waals surface area contributed by atoms with Gasteiger partial charge in [0, 0.05) is 14.5 Å². The highest BCUT2D eigenvalue weighted by atomic mass is 127. The van der Waals surface area contributed by atoms with Gasteiger partial charge in [-0.25, -0.2) is 0 Å². The van der Waals surface area contributed by atoms with E-state index in [4.69, 9.17) is 0 Å². The summed E-state index contributed by atoms with van der Waals surface area (Å²) in [6, 6.07) is 7.04. The van der Waals surface area contributed by atoms with Gasteiger partial charge in [-0.15, -0.1) is 0 Å². The summed E-state index contributed by atoms with van der Waals surface area (Å²) in [5.74, 6) is -0.229. The normalized spacial score (nSPS) is 13.4. The van der Waals surface area contributed by atoms with Crippen molar-refractivity contribution in [2.45, 2.75) is 60.0 Å². The number of halogens is 1. The fourth-order valence-electron chi connectivity index (χ4n) is 2.09. The smallest absolute Gasteiger partial charge is 0.243 e. The Balaban J connectivity index is 3.28. The fourth-order valence-corrected chi connectivity index (χ4v) is 2.74. The SMILES string of the molecule is CC(C(=O)NC(C)(C)C)N(C(=O)C(C)(C)C)c1ccccc1I. The Labute approximate surface area is 153 Å². The van der Waals surface area contributed by atoms with Crippen LogP contribution in [0.5, 0.6) is 0 Å². The lowest BCUT2D eigenvalue weighted by Crippen LogP contribution is -2.55. The highest BCUT2D eigenvalue weighted by Crippen LogP contribution is 2.29. The molecule has 5 heteroatoms. The summed E-state index contributed by atoms with van der Waals surface area (Å²) in [7, 11) is 0. The van der Waals surface area contributed by atoms with Gasteiger partial charge in [-0.1, -0.05) is 32.9 Å². The zero-order valence-electron chi connectivity index (χ0n) is 15.0. The summed E-state index contributed by atoms with van der Waals surface area (Å²) >= 11 is 2.20. The lowest BCUT2D eigenvalue weighted by molar-refractivity contribution is -0.130. The van der Waals surface area contributed by atoms with Gasteiger partial charge in [0.05, 0.1) is 5.69 Å². The third kappa shape index (κ3) is 5.48. The van der Waals surface area contributed by atoms with Crippen molar-refractivity contribution < 1.29 is 9.59 Å². The first-order valence-electron chi connectivity index (χ1n) is 7.75. The molecule has 23 heavy (non-hydrogen) atoms. The first-order valence-corrected chi connectivity index (χ1v) is 8.82. The number of anilines is 1. The van der Waals surface area contributed by atoms with Gasteiger partial charge in [-0.3, -0.25) is 14.5 Å². The number of carbonyl (C=O) groups is 2. The highest BCUT2D eigenvalue weighted by molar-refractivity contribution is 14.1. The Hall–Kier alpha value is -1.11. The van der Waals surface area contributed by atoms with Crippen LogP contribution in [0.1, 0.15) is 48.5 Å². The molecular formula is C18H27IN2O2. The largest absolute Gasteiger partial charge is 0.350 e. The molecule has 1 unspecified atom stereocenters. The van der Waals surface area contributed by atoms with Crippen molar-refractivity contribution in [3.05, 3.63) is 27.8 Å². The molecule has 128 valence electrons. The first-order chi connectivity index (χ1) is 10.3. The van der Waals surface area contributed by atoms with E-state index in [1.54, 1.807) is 11.8 Å². The van der Waals surface area contributed by atoms with Gasteiger partial charge in [0.25, 0.3) is 0 Å². The van der Waals surface area contributed by atoms with E-state index in [9.17, 15) is 9.59 Å². The molecule has 1 N–H and O–H groups in total. The number of rotatable bonds is 3. The number of nitrogens with zero attached hydrogens (tertiary/aromatic N) is 1. The highest BCUT2D eigenvalue weighted by Gasteiger charge is 2.35. The maximum absolute atomic E-state index is 13.0. The van der Waals surface area contributed by atoms with Crippen molar-refractivity contribution in [2.75, 3.05) is 4.90 Å². The standard InChI is InChI=1S/C18H27IN2O2/c1-12(15(22)20-18(5,6)7)21(16(23)17(2,3)4)14-11-9-8-10-13(14)19/h8-12H,1-7H3,(H,20,22). The number of nitrogens with one attached hydrogen (secondary N) is 1. The van der Waals surface area contributed by atoms with Gasteiger partial charge >= 0.3 is 0 Å². The minimum Gasteiger partial charge on any atom is -0.350 e. The summed E-state index contributed by atoms with van der Waals surface area (Å²) in [6.45, 7) is 13.2. The van der Waals surface area contributed by atoms with E-state index in [-0.39, 0.29) is 17.4 Å². The molecule has 0 heterocycles. The predicted molar refractivity (Wildman–Crippen MR) is 103 cm³/mol. The van der Waals surface area contributed by atoms with Crippen LogP contribution in [0, 0.1) is 8.99 Å². The maximum Gasteiger partial charge on any atom is 0.243 e. The summed E-state index contributed by atoms with van der Waals surface area (Å²) in [5, 5.41) is 2.96. The van der Waals surface area contributed by atoms with Crippen LogP contribution in [0.2, 0.25) is 0 Å². The predicted octanol–water partition coefficient (Wildman–Crippen LogP) is 3.97. The van der Waals surface area contributed by atoms with Gasteiger partial charge < -0.3 is 5.32 Å². The van der Waals surface area contributed by atoms with Crippen molar-refractivity contribution in [3.8, 4) is 0 Å². The third-order valence-electron chi connectivity index (χ3n) is 3.24. The summed E-state index contributed by atoms with van der Waals surface area (Å²) in [6.07, 6.45) is 0. The Kier molecular flexibility index (Phi) is 6.24. The molecule has 0 aromatic heterocycles. The van der Waals surface area contributed by atoms with Crippen LogP contribution in [0.4, 0.5) is 5.69 Å². The molecule has 0 spiro atoms. The quantitative estimate of drug-likeness (QED) is 0.738. The summed E-state index contributed by atoms with van der Waals surface area (Å²) in [5.41, 5.74) is -0.148. The van der Waals surface area contributed by atoms with Crippen LogP contribution in [0.15, 0.2) is 24.3 Å². The monoisotopic (exact) mass is 430 g/mol. The molecule has 0 aliphatic carbocycles. The van der Waals surface area contributed by atoms with Crippen molar-refractivity contribution in [2.24, 2.45) is 5.41 Å². The zero-order valence-corrected chi connectivity index (χ0v) is 17.2. The lowest BCUT2D eigenvalue weighted by atomic mass is 9.93. The van der Waals surface area contributed by atoms with E-state index < -0.39 is 11.5 Å². The molecule has 4 nitrogen and oxygen atoms in total. The van der Waals surface area contributed by atoms with Gasteiger partial charge in [-0.2, -0.15) is 0 Å². The maximum atomic E-state index is 13.0. The molecule has 1 rings (SSSR count). The Bertz CT molecular complexity index is 585. The number of amides is 2. The van der Waals surface area contributed by atoms with E-state index in [0.29, 0.717) is 0 Å². The molecule has 0 aliphatic rings. The van der Waals surface area contributed by atoms with Crippen LogP contribution < -0.4 is 10.2 Å². The molecule has 1 atom stereocenters. The second-order valence-electron chi connectivity index (χ2n) is 7.79. The van der Waals surface area contributed by atoms with E-state index in [1.807, 2.05) is 65.8 Å². The van der Waals surface area contributed by atoms with Gasteiger partial charge in [0.1, 0.15) is 6.04 Å². The van der Waals surface area contributed by atoms with E-state index in [0.717, 1.165) is 9.26 Å². The minimum atomic E-state index is -0.586. The van der Waals surface area contributed by atoms with Crippen molar-refractivity contribution >= 4 is 40.1 Å². The summed E-state index contributed by atoms with van der Waals surface area (Å²) in [4.78, 5) is 27.2. The number of para-hydroxylation sites is 1. The fraction of sp³-hybridized carbons (Fsp3) is 0.556. The second kappa shape index (κ2) is 7.20. The topological polar surface area (TPSA) is 49.4 Å². The Morgan fingerprint density at radius 2 is 1.61 bits per heavy atom. The third-order valence-corrected chi connectivity index (χ3v) is 4.15. The van der Waals surface area contributed by atoms with Crippen LogP contribution >= 0.6 is 22.6 Å². The molecule has 0 saturated carbocycles. The number of hydrogen-bond acceptors (Lipinski definition) is 2. The molecule has 0 bridgehead atoms. The minimum absolute atomic E-state index is 0.0711. The van der Waals surface area contributed by atoms with Crippen LogP contribution in [0.3, 0.4) is 0 Å². The van der Waals surface area contributed by atoms with Gasteiger partial charge in [0.15, 0.2) is 0 Å². The molecular weight excluding hydrogens is 403 g/mol. The van der Waals surface area contributed by atoms with E-state index in [1.165, 1.54) is 0 Å². The van der Waals surface area contributed by atoms with Crippen molar-refractivity contribution in [3.63, 3.8) is 0 Å². The van der Waals surface area contributed by atoms with E-state index in [2.05, 4.69) is 27.9 Å².